The Bertz CT molecular complexity index is 484. The van der Waals surface area contributed by atoms with Crippen LogP contribution < -0.4 is 20.8 Å². The maximum atomic E-state index is 10.9. The standard InChI is InChI=1S/C9H8N2OS/c10-9(12)7-4-6-2-1-3-11-5-8(6)13-7/h1-5,11H,(H2,10,12). The van der Waals surface area contributed by atoms with Crippen molar-refractivity contribution in [2.45, 2.75) is 0 Å². The lowest BCUT2D eigenvalue weighted by Crippen LogP contribution is -2.18. The molecular weight excluding hydrogens is 184 g/mol. The van der Waals surface area contributed by atoms with E-state index in [0.717, 1.165) is 9.75 Å². The molecular formula is C9H8N2OS. The van der Waals surface area contributed by atoms with E-state index in [2.05, 4.69) is 5.32 Å². The van der Waals surface area contributed by atoms with Gasteiger partial charge >= 0.3 is 0 Å². The van der Waals surface area contributed by atoms with Crippen molar-refractivity contribution >= 4 is 29.5 Å². The SMILES string of the molecule is NC(=O)c1cc2c(s1)=CNC=CC=2. The number of carbonyl (C=O) groups excluding carboxylic acids is 1. The van der Waals surface area contributed by atoms with Gasteiger partial charge in [0.2, 0.25) is 0 Å². The second-order valence-electron chi connectivity index (χ2n) is 2.63. The topological polar surface area (TPSA) is 55.1 Å². The molecule has 3 nitrogen and oxygen atoms in total. The third-order valence-corrected chi connectivity index (χ3v) is 2.83. The number of thiophene rings is 1. The first-order chi connectivity index (χ1) is 6.27. The van der Waals surface area contributed by atoms with Crippen LogP contribution >= 0.6 is 11.3 Å². The van der Waals surface area contributed by atoms with Gasteiger partial charge < -0.3 is 11.1 Å². The van der Waals surface area contributed by atoms with Gasteiger partial charge in [0.25, 0.3) is 5.91 Å². The summed E-state index contributed by atoms with van der Waals surface area (Å²) >= 11 is 1.39. The van der Waals surface area contributed by atoms with E-state index in [1.807, 2.05) is 24.6 Å². The second kappa shape index (κ2) is 3.06. The summed E-state index contributed by atoms with van der Waals surface area (Å²) < 4.78 is 1.03. The average Bonchev–Trinajstić information content (AvgIpc) is 2.38. The van der Waals surface area contributed by atoms with Crippen molar-refractivity contribution in [2.75, 3.05) is 0 Å². The Labute approximate surface area is 78.9 Å². The van der Waals surface area contributed by atoms with Crippen LogP contribution in [0.15, 0.2) is 18.3 Å². The van der Waals surface area contributed by atoms with Gasteiger partial charge in [0.15, 0.2) is 0 Å². The van der Waals surface area contributed by atoms with Crippen LogP contribution in [0.4, 0.5) is 0 Å². The minimum atomic E-state index is -0.371. The predicted octanol–water partition coefficient (Wildman–Crippen LogP) is -0.518. The molecule has 4 heteroatoms. The van der Waals surface area contributed by atoms with E-state index in [9.17, 15) is 4.79 Å². The largest absolute Gasteiger partial charge is 0.366 e. The Morgan fingerprint density at radius 2 is 2.38 bits per heavy atom. The van der Waals surface area contributed by atoms with Crippen LogP contribution in [0, 0.1) is 0 Å². The number of hydrogen-bond acceptors (Lipinski definition) is 3. The summed E-state index contributed by atoms with van der Waals surface area (Å²) in [6.45, 7) is 0. The molecule has 2 rings (SSSR count). The Kier molecular flexibility index (Phi) is 1.90. The molecule has 0 saturated heterocycles. The molecule has 0 unspecified atom stereocenters. The minimum Gasteiger partial charge on any atom is -0.366 e. The number of nitrogens with two attached hydrogens (primary N) is 1. The summed E-state index contributed by atoms with van der Waals surface area (Å²) in [7, 11) is 0. The lowest BCUT2D eigenvalue weighted by molar-refractivity contribution is 0.100. The first kappa shape index (κ1) is 8.07. The number of carbonyl (C=O) groups is 1. The molecule has 1 aliphatic rings. The molecule has 1 aromatic rings. The molecule has 0 bridgehead atoms. The maximum Gasteiger partial charge on any atom is 0.258 e. The highest BCUT2D eigenvalue weighted by molar-refractivity contribution is 7.11. The van der Waals surface area contributed by atoms with Crippen molar-refractivity contribution in [3.63, 3.8) is 0 Å². The summed E-state index contributed by atoms with van der Waals surface area (Å²) in [5, 5.41) is 4.01. The molecule has 0 spiro atoms. The molecule has 0 fully saturated rings. The molecule has 0 saturated carbocycles. The highest BCUT2D eigenvalue weighted by Gasteiger charge is 2.03. The van der Waals surface area contributed by atoms with Gasteiger partial charge in [-0.25, -0.2) is 0 Å². The van der Waals surface area contributed by atoms with E-state index in [0.29, 0.717) is 4.88 Å². The van der Waals surface area contributed by atoms with Gasteiger partial charge in [-0.15, -0.1) is 11.3 Å². The smallest absolute Gasteiger partial charge is 0.258 e. The zero-order chi connectivity index (χ0) is 9.26. The van der Waals surface area contributed by atoms with E-state index >= 15 is 0 Å². The zero-order valence-corrected chi connectivity index (χ0v) is 7.60. The van der Waals surface area contributed by atoms with E-state index < -0.39 is 0 Å². The Hall–Kier alpha value is -1.55. The quantitative estimate of drug-likeness (QED) is 0.629. The number of fused-ring (bicyclic) bond motifs is 1. The van der Waals surface area contributed by atoms with Crippen LogP contribution in [0.25, 0.3) is 12.3 Å². The Morgan fingerprint density at radius 3 is 3.15 bits per heavy atom. The lowest BCUT2D eigenvalue weighted by atomic mass is 10.3. The molecule has 66 valence electrons. The van der Waals surface area contributed by atoms with Gasteiger partial charge in [-0.2, -0.15) is 0 Å². The normalized spacial score (nSPS) is 13.2. The molecule has 1 amide bonds. The molecule has 0 atom stereocenters. The van der Waals surface area contributed by atoms with Crippen molar-refractivity contribution in [1.29, 1.82) is 0 Å². The van der Waals surface area contributed by atoms with E-state index in [1.54, 1.807) is 6.07 Å². The number of primary amides is 1. The summed E-state index contributed by atoms with van der Waals surface area (Å²) in [6, 6.07) is 1.80. The molecule has 0 radical (unpaired) electrons. The fraction of sp³-hybridized carbons (Fsp3) is 0. The third-order valence-electron chi connectivity index (χ3n) is 1.72. The molecule has 2 heterocycles. The molecule has 3 N–H and O–H groups in total. The van der Waals surface area contributed by atoms with Crippen molar-refractivity contribution in [3.8, 4) is 0 Å². The summed E-state index contributed by atoms with van der Waals surface area (Å²) in [4.78, 5) is 11.5. The van der Waals surface area contributed by atoms with Crippen LogP contribution in [0.5, 0.6) is 0 Å². The first-order valence-corrected chi connectivity index (χ1v) is 4.62. The Morgan fingerprint density at radius 1 is 1.54 bits per heavy atom. The van der Waals surface area contributed by atoms with Gasteiger partial charge in [-0.3, -0.25) is 4.79 Å². The van der Waals surface area contributed by atoms with Crippen LogP contribution in [-0.4, -0.2) is 5.91 Å². The van der Waals surface area contributed by atoms with Crippen molar-refractivity contribution in [2.24, 2.45) is 5.73 Å². The highest BCUT2D eigenvalue weighted by atomic mass is 32.1. The van der Waals surface area contributed by atoms with Crippen LogP contribution in [-0.2, 0) is 0 Å². The zero-order valence-electron chi connectivity index (χ0n) is 6.78. The van der Waals surface area contributed by atoms with Gasteiger partial charge in [0.05, 0.1) is 9.41 Å². The van der Waals surface area contributed by atoms with Crippen molar-refractivity contribution in [3.05, 3.63) is 33.0 Å². The summed E-state index contributed by atoms with van der Waals surface area (Å²) in [6.07, 6.45) is 7.51. The average molecular weight is 192 g/mol. The van der Waals surface area contributed by atoms with E-state index in [-0.39, 0.29) is 5.91 Å². The number of allylic oxidation sites excluding steroid dienone is 1. The molecule has 1 aliphatic heterocycles. The number of amides is 1. The lowest BCUT2D eigenvalue weighted by Gasteiger charge is -1.83. The number of hydrogen-bond donors (Lipinski definition) is 2. The maximum absolute atomic E-state index is 10.9. The van der Waals surface area contributed by atoms with Gasteiger partial charge in [0.1, 0.15) is 0 Å². The van der Waals surface area contributed by atoms with Gasteiger partial charge in [-0.05, 0) is 17.4 Å². The highest BCUT2D eigenvalue weighted by Crippen LogP contribution is 1.98. The predicted molar refractivity (Wildman–Crippen MR) is 53.3 cm³/mol. The second-order valence-corrected chi connectivity index (χ2v) is 3.72. The van der Waals surface area contributed by atoms with Crippen LogP contribution in [0.1, 0.15) is 9.67 Å². The monoisotopic (exact) mass is 192 g/mol. The minimum absolute atomic E-state index is 0.371. The summed E-state index contributed by atoms with van der Waals surface area (Å²) in [5.74, 6) is -0.371. The van der Waals surface area contributed by atoms with Crippen molar-refractivity contribution < 1.29 is 4.79 Å². The molecule has 13 heavy (non-hydrogen) atoms. The van der Waals surface area contributed by atoms with Crippen LogP contribution in [0.3, 0.4) is 0 Å². The molecule has 0 aliphatic carbocycles. The van der Waals surface area contributed by atoms with Gasteiger partial charge in [-0.1, -0.05) is 6.08 Å². The van der Waals surface area contributed by atoms with E-state index in [1.165, 1.54) is 11.3 Å². The fourth-order valence-electron chi connectivity index (χ4n) is 1.11. The molecule has 0 aromatic carbocycles. The van der Waals surface area contributed by atoms with Gasteiger partial charge in [0, 0.05) is 12.4 Å². The fourth-order valence-corrected chi connectivity index (χ4v) is 2.01. The van der Waals surface area contributed by atoms with E-state index in [4.69, 9.17) is 5.73 Å². The van der Waals surface area contributed by atoms with Crippen LogP contribution in [0.2, 0.25) is 0 Å². The third kappa shape index (κ3) is 1.48. The first-order valence-electron chi connectivity index (χ1n) is 3.80. The Balaban J connectivity index is 2.68. The summed E-state index contributed by atoms with van der Waals surface area (Å²) in [5.41, 5.74) is 5.17. The molecule has 1 aromatic heterocycles. The number of rotatable bonds is 1. The number of nitrogens with one attached hydrogen (secondary N) is 1. The van der Waals surface area contributed by atoms with Crippen molar-refractivity contribution in [1.82, 2.24) is 5.32 Å².